The lowest BCUT2D eigenvalue weighted by molar-refractivity contribution is -0.137. The van der Waals surface area contributed by atoms with Gasteiger partial charge in [0.2, 0.25) is 0 Å². The van der Waals surface area contributed by atoms with Gasteiger partial charge in [-0.15, -0.1) is 0 Å². The molecule has 0 aromatic heterocycles. The van der Waals surface area contributed by atoms with Gasteiger partial charge in [0.25, 0.3) is 0 Å². The number of carbonyl (C=O) groups is 1. The van der Waals surface area contributed by atoms with Crippen molar-refractivity contribution in [2.45, 2.75) is 199 Å². The molecular formula is C33H67O6P. The fraction of sp³-hybridized carbons (Fsp3) is 0.970. The minimum absolute atomic E-state index is 0.162. The summed E-state index contributed by atoms with van der Waals surface area (Å²) in [5.74, 6) is -0.659. The highest BCUT2D eigenvalue weighted by molar-refractivity contribution is 7.46. The van der Waals surface area contributed by atoms with Gasteiger partial charge in [-0.1, -0.05) is 180 Å². The Morgan fingerprint density at radius 3 is 0.800 bits per heavy atom. The van der Waals surface area contributed by atoms with Crippen LogP contribution >= 0.6 is 7.82 Å². The molecule has 0 radical (unpaired) electrons. The summed E-state index contributed by atoms with van der Waals surface area (Å²) in [6, 6.07) is 0. The molecule has 7 heteroatoms. The van der Waals surface area contributed by atoms with Gasteiger partial charge < -0.3 is 14.9 Å². The molecule has 0 aromatic rings. The van der Waals surface area contributed by atoms with E-state index < -0.39 is 13.8 Å². The van der Waals surface area contributed by atoms with Crippen molar-refractivity contribution in [2.75, 3.05) is 6.61 Å². The highest BCUT2D eigenvalue weighted by Gasteiger charge is 2.12. The van der Waals surface area contributed by atoms with Gasteiger partial charge in [0.15, 0.2) is 0 Å². The summed E-state index contributed by atoms with van der Waals surface area (Å²) in [6.07, 6.45) is 39.4. The number of hydrogen-bond donors (Lipinski definition) is 3. The molecule has 0 aliphatic heterocycles. The molecule has 0 rings (SSSR count). The van der Waals surface area contributed by atoms with Crippen LogP contribution in [0.1, 0.15) is 199 Å². The molecule has 0 saturated carbocycles. The van der Waals surface area contributed by atoms with Gasteiger partial charge in [-0.3, -0.25) is 9.32 Å². The van der Waals surface area contributed by atoms with Gasteiger partial charge in [0, 0.05) is 6.42 Å². The van der Waals surface area contributed by atoms with Crippen LogP contribution in [0, 0.1) is 0 Å². The van der Waals surface area contributed by atoms with Crippen molar-refractivity contribution >= 4 is 13.8 Å². The molecule has 6 nitrogen and oxygen atoms in total. The molecule has 0 atom stereocenters. The fourth-order valence-electron chi connectivity index (χ4n) is 5.51. The van der Waals surface area contributed by atoms with Crippen LogP contribution in [-0.2, 0) is 13.9 Å². The van der Waals surface area contributed by atoms with Crippen LogP contribution in [0.25, 0.3) is 0 Å². The standard InChI is InChI=1S/C33H67O6P/c34-33(35)31-29-27-25-23-21-19-17-15-13-11-9-7-5-3-1-2-4-6-8-10-12-14-16-18-20-22-24-26-28-30-32-39-40(36,37)38/h1-32H2,(H,34,35)(H2,36,37,38). The van der Waals surface area contributed by atoms with Crippen molar-refractivity contribution in [3.8, 4) is 0 Å². The van der Waals surface area contributed by atoms with E-state index in [2.05, 4.69) is 4.52 Å². The molecule has 0 aromatic carbocycles. The van der Waals surface area contributed by atoms with Gasteiger partial charge in [0.1, 0.15) is 0 Å². The Hall–Kier alpha value is -0.420. The maximum atomic E-state index is 10.6. The van der Waals surface area contributed by atoms with Crippen molar-refractivity contribution in [2.24, 2.45) is 0 Å². The van der Waals surface area contributed by atoms with Gasteiger partial charge in [-0.2, -0.15) is 0 Å². The van der Waals surface area contributed by atoms with Gasteiger partial charge >= 0.3 is 13.8 Å². The number of hydrogen-bond acceptors (Lipinski definition) is 3. The number of unbranched alkanes of at least 4 members (excludes halogenated alkanes) is 29. The lowest BCUT2D eigenvalue weighted by Gasteiger charge is -2.05. The Morgan fingerprint density at radius 2 is 0.600 bits per heavy atom. The van der Waals surface area contributed by atoms with E-state index in [9.17, 15) is 9.36 Å². The summed E-state index contributed by atoms with van der Waals surface area (Å²) in [4.78, 5) is 27.7. The fourth-order valence-corrected chi connectivity index (χ4v) is 5.88. The highest BCUT2D eigenvalue weighted by Crippen LogP contribution is 2.35. The summed E-state index contributed by atoms with van der Waals surface area (Å²) in [5.41, 5.74) is 0. The maximum Gasteiger partial charge on any atom is 0.469 e. The number of phosphoric acid groups is 1. The zero-order valence-electron chi connectivity index (χ0n) is 26.1. The van der Waals surface area contributed by atoms with E-state index in [-0.39, 0.29) is 6.61 Å². The zero-order valence-corrected chi connectivity index (χ0v) is 27.0. The molecule has 0 spiro atoms. The Balaban J connectivity index is 3.06. The molecule has 0 amide bonds. The predicted octanol–water partition coefficient (Wildman–Crippen LogP) is 11.3. The third kappa shape index (κ3) is 37.6. The van der Waals surface area contributed by atoms with E-state index in [4.69, 9.17) is 14.9 Å². The Kier molecular flexibility index (Phi) is 31.2. The van der Waals surface area contributed by atoms with E-state index in [1.165, 1.54) is 161 Å². The topological polar surface area (TPSA) is 104 Å². The van der Waals surface area contributed by atoms with Crippen molar-refractivity contribution in [3.63, 3.8) is 0 Å². The first kappa shape index (κ1) is 39.6. The van der Waals surface area contributed by atoms with Crippen LogP contribution in [0.3, 0.4) is 0 Å². The minimum atomic E-state index is -4.28. The summed E-state index contributed by atoms with van der Waals surface area (Å²) >= 11 is 0. The van der Waals surface area contributed by atoms with E-state index in [0.717, 1.165) is 32.1 Å². The first-order chi connectivity index (χ1) is 19.4. The normalized spacial score (nSPS) is 11.8. The van der Waals surface area contributed by atoms with Crippen LogP contribution in [0.2, 0.25) is 0 Å². The lowest BCUT2D eigenvalue weighted by atomic mass is 10.0. The van der Waals surface area contributed by atoms with Crippen molar-refractivity contribution < 1.29 is 28.8 Å². The molecular weight excluding hydrogens is 523 g/mol. The van der Waals surface area contributed by atoms with E-state index in [1.54, 1.807) is 0 Å². The zero-order chi connectivity index (χ0) is 29.4. The van der Waals surface area contributed by atoms with Crippen LogP contribution in [0.5, 0.6) is 0 Å². The monoisotopic (exact) mass is 590 g/mol. The smallest absolute Gasteiger partial charge is 0.469 e. The summed E-state index contributed by atoms with van der Waals surface area (Å²) < 4.78 is 15.0. The number of rotatable bonds is 34. The Bertz CT molecular complexity index is 565. The molecule has 3 N–H and O–H groups in total. The largest absolute Gasteiger partial charge is 0.481 e. The number of carboxylic acids is 1. The second-order valence-electron chi connectivity index (χ2n) is 12.1. The van der Waals surface area contributed by atoms with Crippen molar-refractivity contribution in [3.05, 3.63) is 0 Å². The molecule has 0 unspecified atom stereocenters. The second kappa shape index (κ2) is 31.5. The maximum absolute atomic E-state index is 10.6. The molecule has 0 fully saturated rings. The van der Waals surface area contributed by atoms with Gasteiger partial charge in [-0.05, 0) is 12.8 Å². The Morgan fingerprint density at radius 1 is 0.400 bits per heavy atom. The lowest BCUT2D eigenvalue weighted by Crippen LogP contribution is -1.93. The molecule has 40 heavy (non-hydrogen) atoms. The second-order valence-corrected chi connectivity index (χ2v) is 13.3. The molecule has 240 valence electrons. The molecule has 0 aliphatic rings. The average Bonchev–Trinajstić information content (AvgIpc) is 2.90. The van der Waals surface area contributed by atoms with Crippen LogP contribution < -0.4 is 0 Å². The molecule has 0 saturated heterocycles. The Labute approximate surface area is 248 Å². The van der Waals surface area contributed by atoms with Crippen LogP contribution in [0.15, 0.2) is 0 Å². The van der Waals surface area contributed by atoms with Crippen molar-refractivity contribution in [1.29, 1.82) is 0 Å². The highest BCUT2D eigenvalue weighted by atomic mass is 31.2. The SMILES string of the molecule is O=C(O)CCCCCCCCCCCCCCCCCCCCCCCCCCCCCCCCOP(=O)(O)O. The first-order valence-corrected chi connectivity index (χ1v) is 18.9. The van der Waals surface area contributed by atoms with Crippen LogP contribution in [-0.4, -0.2) is 27.5 Å². The van der Waals surface area contributed by atoms with Crippen LogP contribution in [0.4, 0.5) is 0 Å². The predicted molar refractivity (Wildman–Crippen MR) is 169 cm³/mol. The average molecular weight is 591 g/mol. The summed E-state index contributed by atoms with van der Waals surface area (Å²) in [6.45, 7) is 0.162. The van der Waals surface area contributed by atoms with Gasteiger partial charge in [0.05, 0.1) is 6.61 Å². The summed E-state index contributed by atoms with van der Waals surface area (Å²) in [5, 5.41) is 8.62. The van der Waals surface area contributed by atoms with E-state index in [0.29, 0.717) is 6.42 Å². The van der Waals surface area contributed by atoms with E-state index in [1.807, 2.05) is 0 Å². The third-order valence-electron chi connectivity index (χ3n) is 8.04. The number of carboxylic acid groups (broad SMARTS) is 1. The minimum Gasteiger partial charge on any atom is -0.481 e. The number of phosphoric ester groups is 1. The molecule has 0 bridgehead atoms. The quantitative estimate of drug-likeness (QED) is 0.0508. The van der Waals surface area contributed by atoms with Gasteiger partial charge in [-0.25, -0.2) is 4.57 Å². The summed E-state index contributed by atoms with van der Waals surface area (Å²) in [7, 11) is -4.28. The van der Waals surface area contributed by atoms with E-state index >= 15 is 0 Å². The van der Waals surface area contributed by atoms with Crippen molar-refractivity contribution in [1.82, 2.24) is 0 Å². The molecule has 0 heterocycles. The first-order valence-electron chi connectivity index (χ1n) is 17.3. The number of aliphatic carboxylic acids is 1. The third-order valence-corrected chi connectivity index (χ3v) is 8.56. The molecule has 0 aliphatic carbocycles.